The smallest absolute Gasteiger partial charge is 0.132 e. The van der Waals surface area contributed by atoms with E-state index >= 15 is 0 Å². The molecule has 0 radical (unpaired) electrons. The van der Waals surface area contributed by atoms with Gasteiger partial charge in [-0.05, 0) is 12.8 Å². The average molecular weight is 166 g/mol. The molecule has 1 heterocycles. The van der Waals surface area contributed by atoms with Crippen molar-refractivity contribution in [1.29, 1.82) is 5.41 Å². The minimum atomic E-state index is 0.347. The molecular weight excluding hydrogens is 152 g/mol. The van der Waals surface area contributed by atoms with Crippen LogP contribution in [0.1, 0.15) is 32.3 Å². The summed E-state index contributed by atoms with van der Waals surface area (Å²) < 4.78 is 1.44. The molecule has 66 valence electrons. The van der Waals surface area contributed by atoms with Crippen molar-refractivity contribution in [2.24, 2.45) is 0 Å². The van der Waals surface area contributed by atoms with Crippen molar-refractivity contribution >= 4 is 11.7 Å². The Morgan fingerprint density at radius 2 is 2.25 bits per heavy atom. The second-order valence-corrected chi connectivity index (χ2v) is 3.14. The Bertz CT molecular complexity index is 298. The first-order valence-electron chi connectivity index (χ1n) is 3.93. The molecule has 0 amide bonds. The Kier molecular flexibility index (Phi) is 2.17. The number of anilines is 1. The summed E-state index contributed by atoms with van der Waals surface area (Å²) in [4.78, 5) is 0. The molecule has 4 heteroatoms. The quantitative estimate of drug-likeness (QED) is 0.489. The summed E-state index contributed by atoms with van der Waals surface area (Å²) in [5, 5.41) is 11.4. The number of nitrogens with zero attached hydrogens (tertiary/aromatic N) is 2. The minimum Gasteiger partial charge on any atom is -0.383 e. The van der Waals surface area contributed by atoms with Crippen LogP contribution in [0.15, 0.2) is 6.20 Å². The van der Waals surface area contributed by atoms with Crippen LogP contribution in [0, 0.1) is 5.41 Å². The molecule has 0 aliphatic rings. The number of hydrogen-bond donors (Lipinski definition) is 2. The van der Waals surface area contributed by atoms with Gasteiger partial charge in [-0.1, -0.05) is 13.8 Å². The van der Waals surface area contributed by atoms with Gasteiger partial charge in [-0.2, -0.15) is 5.10 Å². The maximum atomic E-state index is 7.35. The van der Waals surface area contributed by atoms with Crippen LogP contribution in [-0.4, -0.2) is 15.6 Å². The summed E-state index contributed by atoms with van der Waals surface area (Å²) in [7, 11) is 0. The van der Waals surface area contributed by atoms with Gasteiger partial charge in [-0.3, -0.25) is 5.41 Å². The van der Waals surface area contributed by atoms with Crippen LogP contribution in [0.3, 0.4) is 0 Å². The van der Waals surface area contributed by atoms with E-state index in [2.05, 4.69) is 18.9 Å². The molecule has 1 rings (SSSR count). The van der Waals surface area contributed by atoms with Gasteiger partial charge in [0.2, 0.25) is 0 Å². The predicted molar refractivity (Wildman–Crippen MR) is 49.5 cm³/mol. The Morgan fingerprint density at radius 3 is 2.50 bits per heavy atom. The van der Waals surface area contributed by atoms with E-state index in [1.54, 1.807) is 13.1 Å². The molecule has 0 atom stereocenters. The molecule has 1 aromatic rings. The Morgan fingerprint density at radius 1 is 1.67 bits per heavy atom. The summed E-state index contributed by atoms with van der Waals surface area (Å²) in [5.41, 5.74) is 6.77. The third-order valence-electron chi connectivity index (χ3n) is 1.78. The van der Waals surface area contributed by atoms with E-state index in [-0.39, 0.29) is 0 Å². The lowest BCUT2D eigenvalue weighted by Crippen LogP contribution is -2.11. The third-order valence-corrected chi connectivity index (χ3v) is 1.78. The first-order valence-corrected chi connectivity index (χ1v) is 3.93. The summed E-state index contributed by atoms with van der Waals surface area (Å²) in [6.45, 7) is 5.77. The van der Waals surface area contributed by atoms with Crippen LogP contribution in [0.4, 0.5) is 5.82 Å². The SMILES string of the molecule is CC(=N)n1ncc(C(C)C)c1N. The van der Waals surface area contributed by atoms with Crippen molar-refractivity contribution in [2.45, 2.75) is 26.7 Å². The largest absolute Gasteiger partial charge is 0.383 e. The number of nitrogens with two attached hydrogens (primary N) is 1. The lowest BCUT2D eigenvalue weighted by atomic mass is 10.1. The maximum absolute atomic E-state index is 7.35. The zero-order valence-electron chi connectivity index (χ0n) is 7.63. The number of rotatable bonds is 1. The summed E-state index contributed by atoms with van der Waals surface area (Å²) in [5.74, 6) is 1.29. The molecule has 0 bridgehead atoms. The molecule has 1 aromatic heterocycles. The van der Waals surface area contributed by atoms with Crippen molar-refractivity contribution in [2.75, 3.05) is 5.73 Å². The van der Waals surface area contributed by atoms with Gasteiger partial charge in [0.1, 0.15) is 11.7 Å². The molecule has 3 N–H and O–H groups in total. The highest BCUT2D eigenvalue weighted by Crippen LogP contribution is 2.20. The van der Waals surface area contributed by atoms with E-state index < -0.39 is 0 Å². The van der Waals surface area contributed by atoms with Gasteiger partial charge in [0.25, 0.3) is 0 Å². The van der Waals surface area contributed by atoms with Gasteiger partial charge < -0.3 is 5.73 Å². The number of hydrogen-bond acceptors (Lipinski definition) is 3. The van der Waals surface area contributed by atoms with Crippen LogP contribution in [-0.2, 0) is 0 Å². The van der Waals surface area contributed by atoms with Crippen LogP contribution in [0.5, 0.6) is 0 Å². The Hall–Kier alpha value is -1.32. The fourth-order valence-corrected chi connectivity index (χ4v) is 1.08. The van der Waals surface area contributed by atoms with E-state index in [1.165, 1.54) is 4.68 Å². The first kappa shape index (κ1) is 8.77. The van der Waals surface area contributed by atoms with E-state index in [1.807, 2.05) is 0 Å². The lowest BCUT2D eigenvalue weighted by Gasteiger charge is -2.04. The van der Waals surface area contributed by atoms with Crippen molar-refractivity contribution in [3.8, 4) is 0 Å². The Labute approximate surface area is 71.9 Å². The Balaban J connectivity index is 3.13. The molecule has 12 heavy (non-hydrogen) atoms. The van der Waals surface area contributed by atoms with Gasteiger partial charge in [-0.25, -0.2) is 4.68 Å². The van der Waals surface area contributed by atoms with Crippen LogP contribution in [0.25, 0.3) is 0 Å². The highest BCUT2D eigenvalue weighted by Gasteiger charge is 2.10. The normalized spacial score (nSPS) is 10.7. The minimum absolute atomic E-state index is 0.347. The van der Waals surface area contributed by atoms with Crippen molar-refractivity contribution < 1.29 is 0 Å². The summed E-state index contributed by atoms with van der Waals surface area (Å²) in [6.07, 6.45) is 1.72. The number of nitrogen functional groups attached to an aromatic ring is 1. The van der Waals surface area contributed by atoms with Crippen molar-refractivity contribution in [3.63, 3.8) is 0 Å². The zero-order chi connectivity index (χ0) is 9.30. The molecular formula is C8H14N4. The molecule has 0 saturated heterocycles. The second kappa shape index (κ2) is 2.97. The van der Waals surface area contributed by atoms with E-state index in [4.69, 9.17) is 11.1 Å². The standard InChI is InChI=1S/C8H14N4/c1-5(2)7-4-11-12(6(3)9)8(7)10/h4-5,9H,10H2,1-3H3. The maximum Gasteiger partial charge on any atom is 0.132 e. The summed E-state index contributed by atoms with van der Waals surface area (Å²) in [6, 6.07) is 0. The molecule has 0 aromatic carbocycles. The van der Waals surface area contributed by atoms with Gasteiger partial charge in [0, 0.05) is 5.56 Å². The van der Waals surface area contributed by atoms with Gasteiger partial charge in [0.05, 0.1) is 6.20 Å². The van der Waals surface area contributed by atoms with Gasteiger partial charge in [0.15, 0.2) is 0 Å². The fourth-order valence-electron chi connectivity index (χ4n) is 1.08. The molecule has 0 aliphatic heterocycles. The molecule has 0 saturated carbocycles. The summed E-state index contributed by atoms with van der Waals surface area (Å²) >= 11 is 0. The average Bonchev–Trinajstić information content (AvgIpc) is 2.30. The molecule has 4 nitrogen and oxygen atoms in total. The van der Waals surface area contributed by atoms with Crippen LogP contribution < -0.4 is 5.73 Å². The van der Waals surface area contributed by atoms with Gasteiger partial charge >= 0.3 is 0 Å². The highest BCUT2D eigenvalue weighted by atomic mass is 15.3. The third kappa shape index (κ3) is 1.32. The van der Waals surface area contributed by atoms with Crippen LogP contribution >= 0.6 is 0 Å². The topological polar surface area (TPSA) is 67.7 Å². The lowest BCUT2D eigenvalue weighted by molar-refractivity contribution is 0.870. The second-order valence-electron chi connectivity index (χ2n) is 3.14. The van der Waals surface area contributed by atoms with E-state index in [9.17, 15) is 0 Å². The highest BCUT2D eigenvalue weighted by molar-refractivity contribution is 5.81. The molecule has 0 unspecified atom stereocenters. The molecule has 0 aliphatic carbocycles. The van der Waals surface area contributed by atoms with Crippen LogP contribution in [0.2, 0.25) is 0 Å². The van der Waals surface area contributed by atoms with E-state index in [0.29, 0.717) is 17.6 Å². The number of nitrogens with one attached hydrogen (secondary N) is 1. The predicted octanol–water partition coefficient (Wildman–Crippen LogP) is 1.43. The molecule has 0 spiro atoms. The van der Waals surface area contributed by atoms with Crippen molar-refractivity contribution in [1.82, 2.24) is 9.78 Å². The first-order chi connectivity index (χ1) is 5.54. The monoisotopic (exact) mass is 166 g/mol. The zero-order valence-corrected chi connectivity index (χ0v) is 7.63. The molecule has 0 fully saturated rings. The van der Waals surface area contributed by atoms with Crippen molar-refractivity contribution in [3.05, 3.63) is 11.8 Å². The number of aromatic nitrogens is 2. The van der Waals surface area contributed by atoms with E-state index in [0.717, 1.165) is 5.56 Å². The van der Waals surface area contributed by atoms with Gasteiger partial charge in [-0.15, -0.1) is 0 Å². The fraction of sp³-hybridized carbons (Fsp3) is 0.500.